The number of aliphatic hydroxyl groups excluding tert-OH is 1. The number of rotatable bonds is 9. The largest absolute Gasteiger partial charge is 0.381 e. The van der Waals surface area contributed by atoms with Crippen molar-refractivity contribution in [3.05, 3.63) is 108 Å². The molecule has 0 bridgehead atoms. The number of hydrogen-bond acceptors (Lipinski definition) is 6. The van der Waals surface area contributed by atoms with Crippen molar-refractivity contribution in [2.45, 2.75) is 43.5 Å². The Morgan fingerprint density at radius 3 is 2.52 bits per heavy atom. The molecule has 4 aromatic rings. The van der Waals surface area contributed by atoms with Gasteiger partial charge in [-0.2, -0.15) is 0 Å². The lowest BCUT2D eigenvalue weighted by molar-refractivity contribution is -0.147. The van der Waals surface area contributed by atoms with Crippen molar-refractivity contribution in [3.63, 3.8) is 0 Å². The lowest BCUT2D eigenvalue weighted by atomic mass is 9.99. The van der Waals surface area contributed by atoms with Crippen LogP contribution in [0.1, 0.15) is 27.9 Å². The molecule has 1 aliphatic heterocycles. The van der Waals surface area contributed by atoms with Gasteiger partial charge in [-0.15, -0.1) is 0 Å². The molecule has 3 N–H and O–H groups in total. The molecule has 9 nitrogen and oxygen atoms in total. The number of carbonyl (C=O) groups is 3. The van der Waals surface area contributed by atoms with Crippen LogP contribution >= 0.6 is 0 Å². The highest BCUT2D eigenvalue weighted by molar-refractivity contribution is 5.98. The topological polar surface area (TPSA) is 125 Å². The number of likely N-dealkylation sites (tertiary alicyclic amines) is 1. The summed E-state index contributed by atoms with van der Waals surface area (Å²) < 4.78 is 29.1. The van der Waals surface area contributed by atoms with E-state index in [9.17, 15) is 28.3 Å². The molecule has 1 fully saturated rings. The molecule has 3 atom stereocenters. The molecule has 5 rings (SSSR count). The number of halogens is 2. The van der Waals surface area contributed by atoms with Crippen molar-refractivity contribution in [3.8, 4) is 0 Å². The summed E-state index contributed by atoms with van der Waals surface area (Å²) in [6, 6.07) is 18.0. The van der Waals surface area contributed by atoms with Gasteiger partial charge in [0.15, 0.2) is 6.10 Å². The van der Waals surface area contributed by atoms with E-state index in [2.05, 4.69) is 20.6 Å². The third kappa shape index (κ3) is 6.74. The molecule has 1 aliphatic rings. The molecule has 0 saturated carbocycles. The molecule has 1 saturated heterocycles. The number of hydrogen-bond donors (Lipinski definition) is 3. The lowest BCUT2D eigenvalue weighted by Gasteiger charge is -2.30. The second-order valence-electron chi connectivity index (χ2n) is 10.2. The van der Waals surface area contributed by atoms with Gasteiger partial charge in [0.1, 0.15) is 6.04 Å². The zero-order chi connectivity index (χ0) is 29.7. The summed E-state index contributed by atoms with van der Waals surface area (Å²) in [6.45, 7) is -0.995. The summed E-state index contributed by atoms with van der Waals surface area (Å²) in [5, 5.41) is 17.3. The number of benzene rings is 2. The second kappa shape index (κ2) is 12.4. The maximum absolute atomic E-state index is 14.6. The van der Waals surface area contributed by atoms with Crippen LogP contribution < -0.4 is 10.6 Å². The molecule has 2 aromatic carbocycles. The van der Waals surface area contributed by atoms with Crippen molar-refractivity contribution in [1.29, 1.82) is 0 Å². The Bertz CT molecular complexity index is 1570. The Morgan fingerprint density at radius 2 is 1.76 bits per heavy atom. The predicted molar refractivity (Wildman–Crippen MR) is 150 cm³/mol. The Labute approximate surface area is 240 Å². The molecule has 2 aromatic heterocycles. The van der Waals surface area contributed by atoms with Gasteiger partial charge < -0.3 is 20.6 Å². The van der Waals surface area contributed by atoms with Crippen molar-refractivity contribution in [1.82, 2.24) is 25.5 Å². The number of aliphatic hydroxyl groups is 1. The number of carbonyl (C=O) groups excluding carboxylic acids is 3. The highest BCUT2D eigenvalue weighted by Gasteiger charge is 2.51. The summed E-state index contributed by atoms with van der Waals surface area (Å²) in [6.07, 6.45) is 1.97. The molecule has 3 amide bonds. The zero-order valence-corrected chi connectivity index (χ0v) is 22.5. The minimum absolute atomic E-state index is 0.0350. The molecule has 3 unspecified atom stereocenters. The number of pyridine rings is 2. The van der Waals surface area contributed by atoms with E-state index in [4.69, 9.17) is 0 Å². The smallest absolute Gasteiger partial charge is 0.267 e. The number of nitrogens with zero attached hydrogens (tertiary/aromatic N) is 3. The zero-order valence-electron chi connectivity index (χ0n) is 22.5. The van der Waals surface area contributed by atoms with Crippen LogP contribution in [0, 0.1) is 0 Å². The van der Waals surface area contributed by atoms with Crippen LogP contribution in [0.3, 0.4) is 0 Å². The average molecular weight is 574 g/mol. The summed E-state index contributed by atoms with van der Waals surface area (Å²) in [4.78, 5) is 48.7. The van der Waals surface area contributed by atoms with E-state index >= 15 is 0 Å². The highest BCUT2D eigenvalue weighted by Crippen LogP contribution is 2.33. The standard InChI is InChI=1S/C31H29F2N5O4/c32-31(33)16-26(29(41)36-18-21-8-4-12-34-17-21)38(19-31)30(42)27(39)25(14-20-6-2-1-3-7-20)37-28(40)23-10-11-24-22(15-23)9-5-13-35-24/h1-13,15,17,25-27,39H,14,16,18-19H2,(H,36,41)(H,37,40). The van der Waals surface area contributed by atoms with E-state index in [-0.39, 0.29) is 18.5 Å². The molecule has 42 heavy (non-hydrogen) atoms. The summed E-state index contributed by atoms with van der Waals surface area (Å²) in [5.41, 5.74) is 2.32. The van der Waals surface area contributed by atoms with Crippen molar-refractivity contribution in [2.75, 3.05) is 6.54 Å². The number of nitrogens with one attached hydrogen (secondary N) is 2. The third-order valence-electron chi connectivity index (χ3n) is 7.16. The Balaban J connectivity index is 1.36. The minimum atomic E-state index is -3.33. The number of amides is 3. The first kappa shape index (κ1) is 28.7. The Morgan fingerprint density at radius 1 is 1.00 bits per heavy atom. The van der Waals surface area contributed by atoms with Gasteiger partial charge in [0.05, 0.1) is 18.1 Å². The molecule has 216 valence electrons. The van der Waals surface area contributed by atoms with Gasteiger partial charge in [-0.3, -0.25) is 24.4 Å². The molecule has 0 spiro atoms. The SMILES string of the molecule is O=C(NC(Cc1ccccc1)C(O)C(=O)N1CC(F)(F)CC1C(=O)NCc1cccnc1)c1ccc2ncccc2c1. The van der Waals surface area contributed by atoms with Gasteiger partial charge in [0, 0.05) is 42.5 Å². The van der Waals surface area contributed by atoms with Gasteiger partial charge in [0.2, 0.25) is 5.91 Å². The predicted octanol–water partition coefficient (Wildman–Crippen LogP) is 2.88. The van der Waals surface area contributed by atoms with Gasteiger partial charge in [0.25, 0.3) is 17.7 Å². The highest BCUT2D eigenvalue weighted by atomic mass is 19.3. The Kier molecular flexibility index (Phi) is 8.48. The van der Waals surface area contributed by atoms with Gasteiger partial charge in [-0.1, -0.05) is 42.5 Å². The van der Waals surface area contributed by atoms with Crippen molar-refractivity contribution < 1.29 is 28.3 Å². The fourth-order valence-electron chi connectivity index (χ4n) is 5.01. The summed E-state index contributed by atoms with van der Waals surface area (Å²) >= 11 is 0. The molecule has 11 heteroatoms. The fourth-order valence-corrected chi connectivity index (χ4v) is 5.01. The van der Waals surface area contributed by atoms with Crippen LogP contribution in [0.25, 0.3) is 10.9 Å². The van der Waals surface area contributed by atoms with Crippen molar-refractivity contribution >= 4 is 28.6 Å². The van der Waals surface area contributed by atoms with E-state index < -0.39 is 54.8 Å². The molecule has 0 radical (unpaired) electrons. The van der Waals surface area contributed by atoms with Crippen LogP contribution in [0.2, 0.25) is 0 Å². The lowest BCUT2D eigenvalue weighted by Crippen LogP contribution is -2.55. The van der Waals surface area contributed by atoms with Crippen LogP contribution in [0.15, 0.2) is 91.4 Å². The fraction of sp³-hybridized carbons (Fsp3) is 0.258. The van der Waals surface area contributed by atoms with E-state index in [0.717, 1.165) is 5.39 Å². The quantitative estimate of drug-likeness (QED) is 0.283. The minimum Gasteiger partial charge on any atom is -0.381 e. The van der Waals surface area contributed by atoms with Crippen LogP contribution in [0.5, 0.6) is 0 Å². The molecule has 3 heterocycles. The Hall–Kier alpha value is -4.77. The number of alkyl halides is 2. The van der Waals surface area contributed by atoms with E-state index in [1.165, 1.54) is 6.20 Å². The van der Waals surface area contributed by atoms with E-state index in [0.29, 0.717) is 21.5 Å². The van der Waals surface area contributed by atoms with Gasteiger partial charge in [-0.25, -0.2) is 8.78 Å². The first-order valence-electron chi connectivity index (χ1n) is 13.4. The molecular formula is C31H29F2N5O4. The monoisotopic (exact) mass is 573 g/mol. The normalized spacial score (nSPS) is 17.4. The number of aromatic nitrogens is 2. The summed E-state index contributed by atoms with van der Waals surface area (Å²) in [5.74, 6) is -5.74. The van der Waals surface area contributed by atoms with E-state index in [1.54, 1.807) is 85.2 Å². The van der Waals surface area contributed by atoms with E-state index in [1.807, 2.05) is 0 Å². The first-order chi connectivity index (χ1) is 20.2. The van der Waals surface area contributed by atoms with Crippen LogP contribution in [-0.2, 0) is 22.6 Å². The third-order valence-corrected chi connectivity index (χ3v) is 7.16. The second-order valence-corrected chi connectivity index (χ2v) is 10.2. The van der Waals surface area contributed by atoms with Crippen LogP contribution in [-0.4, -0.2) is 68.4 Å². The van der Waals surface area contributed by atoms with Crippen molar-refractivity contribution in [2.24, 2.45) is 0 Å². The summed E-state index contributed by atoms with van der Waals surface area (Å²) in [7, 11) is 0. The molecular weight excluding hydrogens is 544 g/mol. The maximum atomic E-state index is 14.6. The van der Waals surface area contributed by atoms with Crippen LogP contribution in [0.4, 0.5) is 8.78 Å². The number of fused-ring (bicyclic) bond motifs is 1. The van der Waals surface area contributed by atoms with Gasteiger partial charge >= 0.3 is 0 Å². The maximum Gasteiger partial charge on any atom is 0.267 e. The van der Waals surface area contributed by atoms with Gasteiger partial charge in [-0.05, 0) is 47.9 Å². The molecule has 0 aliphatic carbocycles. The first-order valence-corrected chi connectivity index (χ1v) is 13.4. The average Bonchev–Trinajstić information content (AvgIpc) is 3.34.